The van der Waals surface area contributed by atoms with Gasteiger partial charge in [-0.3, -0.25) is 0 Å². The number of hydrogen-bond donors (Lipinski definition) is 1. The van der Waals surface area contributed by atoms with Gasteiger partial charge in [-0.2, -0.15) is 0 Å². The molecule has 0 aliphatic carbocycles. The molecule has 4 heteroatoms. The maximum atomic E-state index is 5.82. The van der Waals surface area contributed by atoms with Gasteiger partial charge in [-0.15, -0.1) is 0 Å². The van der Waals surface area contributed by atoms with Gasteiger partial charge in [0.15, 0.2) is 0 Å². The molecule has 0 aliphatic rings. The fourth-order valence-corrected chi connectivity index (χ4v) is 2.86. The molecule has 0 spiro atoms. The Kier molecular flexibility index (Phi) is 5.15. The van der Waals surface area contributed by atoms with Crippen molar-refractivity contribution in [2.45, 2.75) is 26.4 Å². The highest BCUT2D eigenvalue weighted by Gasteiger charge is 2.18. The van der Waals surface area contributed by atoms with E-state index in [9.17, 15) is 0 Å². The first kappa shape index (κ1) is 15.7. The molecule has 1 aromatic carbocycles. The van der Waals surface area contributed by atoms with Gasteiger partial charge < -0.3 is 15.5 Å². The molecule has 0 fully saturated rings. The summed E-state index contributed by atoms with van der Waals surface area (Å²) in [5, 5.41) is 2.40. The number of fused-ring (bicyclic) bond motifs is 1. The van der Waals surface area contributed by atoms with Crippen LogP contribution in [0.25, 0.3) is 10.8 Å². The Balaban J connectivity index is 2.51. The van der Waals surface area contributed by atoms with Crippen LogP contribution in [0.15, 0.2) is 30.3 Å². The minimum Gasteiger partial charge on any atom is -0.352 e. The number of likely N-dealkylation sites (N-methyl/N-ethyl adjacent to an activating group) is 2. The first-order valence-corrected chi connectivity index (χ1v) is 7.57. The Hall–Kier alpha value is -1.65. The highest BCUT2D eigenvalue weighted by atomic mass is 15.2. The first-order valence-electron chi connectivity index (χ1n) is 7.57. The van der Waals surface area contributed by atoms with E-state index in [1.807, 2.05) is 0 Å². The van der Waals surface area contributed by atoms with Gasteiger partial charge in [0.1, 0.15) is 5.82 Å². The molecule has 0 saturated carbocycles. The molecule has 1 aromatic heterocycles. The first-order chi connectivity index (χ1) is 10.1. The van der Waals surface area contributed by atoms with Crippen LogP contribution in [0.3, 0.4) is 0 Å². The average molecular weight is 286 g/mol. The molecular weight excluding hydrogens is 260 g/mol. The molecule has 114 valence electrons. The molecular formula is C17H26N4. The summed E-state index contributed by atoms with van der Waals surface area (Å²) in [4.78, 5) is 9.37. The number of benzene rings is 1. The van der Waals surface area contributed by atoms with Gasteiger partial charge in [-0.05, 0) is 39.4 Å². The van der Waals surface area contributed by atoms with Crippen molar-refractivity contribution in [3.8, 4) is 0 Å². The third-order valence-electron chi connectivity index (χ3n) is 3.76. The van der Waals surface area contributed by atoms with Gasteiger partial charge in [0, 0.05) is 31.1 Å². The molecule has 4 nitrogen and oxygen atoms in total. The molecule has 2 rings (SSSR count). The Bertz CT molecular complexity index is 594. The number of rotatable bonds is 6. The van der Waals surface area contributed by atoms with E-state index < -0.39 is 0 Å². The molecule has 0 aliphatic heterocycles. The number of pyridine rings is 1. The van der Waals surface area contributed by atoms with Gasteiger partial charge in [-0.1, -0.05) is 24.3 Å². The van der Waals surface area contributed by atoms with Gasteiger partial charge in [0.25, 0.3) is 0 Å². The summed E-state index contributed by atoms with van der Waals surface area (Å²) in [6.45, 7) is 6.82. The summed E-state index contributed by atoms with van der Waals surface area (Å²) in [6.07, 6.45) is 0. The van der Waals surface area contributed by atoms with Crippen molar-refractivity contribution < 1.29 is 0 Å². The van der Waals surface area contributed by atoms with Crippen molar-refractivity contribution in [1.29, 1.82) is 0 Å². The van der Waals surface area contributed by atoms with Crippen molar-refractivity contribution >= 4 is 16.6 Å². The van der Waals surface area contributed by atoms with Crippen molar-refractivity contribution in [3.05, 3.63) is 36.0 Å². The van der Waals surface area contributed by atoms with E-state index in [2.05, 4.69) is 68.1 Å². The summed E-state index contributed by atoms with van der Waals surface area (Å²) in [5.74, 6) is 1.05. The molecule has 2 N–H and O–H groups in total. The lowest BCUT2D eigenvalue weighted by molar-refractivity contribution is 0.372. The molecule has 2 aromatic rings. The minimum absolute atomic E-state index is 0.397. The lowest BCUT2D eigenvalue weighted by atomic mass is 10.1. The third-order valence-corrected chi connectivity index (χ3v) is 3.76. The molecule has 0 bridgehead atoms. The summed E-state index contributed by atoms with van der Waals surface area (Å²) >= 11 is 0. The highest BCUT2D eigenvalue weighted by molar-refractivity contribution is 5.92. The van der Waals surface area contributed by atoms with Gasteiger partial charge in [-0.25, -0.2) is 4.98 Å². The minimum atomic E-state index is 0.397. The smallest absolute Gasteiger partial charge is 0.137 e. The lowest BCUT2D eigenvalue weighted by Crippen LogP contribution is -2.40. The lowest BCUT2D eigenvalue weighted by Gasteiger charge is -2.32. The van der Waals surface area contributed by atoms with E-state index in [1.54, 1.807) is 0 Å². The SMILES string of the molecule is CCN(c1nc(CN)cc2ccccc12)C(C)CN(C)C. The monoisotopic (exact) mass is 286 g/mol. The molecule has 1 atom stereocenters. The van der Waals surface area contributed by atoms with Crippen LogP contribution in [-0.2, 0) is 6.54 Å². The van der Waals surface area contributed by atoms with E-state index in [1.165, 1.54) is 10.8 Å². The van der Waals surface area contributed by atoms with Crippen LogP contribution in [0.1, 0.15) is 19.5 Å². The van der Waals surface area contributed by atoms with Crippen LogP contribution in [0, 0.1) is 0 Å². The number of hydrogen-bond acceptors (Lipinski definition) is 4. The summed E-state index contributed by atoms with van der Waals surface area (Å²) in [5.41, 5.74) is 6.76. The zero-order chi connectivity index (χ0) is 15.4. The fourth-order valence-electron chi connectivity index (χ4n) is 2.86. The highest BCUT2D eigenvalue weighted by Crippen LogP contribution is 2.27. The van der Waals surface area contributed by atoms with Crippen LogP contribution in [0.4, 0.5) is 5.82 Å². The second-order valence-electron chi connectivity index (χ2n) is 5.76. The quantitative estimate of drug-likeness (QED) is 0.886. The number of nitrogens with zero attached hydrogens (tertiary/aromatic N) is 3. The molecule has 0 radical (unpaired) electrons. The molecule has 1 heterocycles. The van der Waals surface area contributed by atoms with Crippen molar-refractivity contribution in [1.82, 2.24) is 9.88 Å². The fraction of sp³-hybridized carbons (Fsp3) is 0.471. The van der Waals surface area contributed by atoms with Gasteiger partial charge in [0.2, 0.25) is 0 Å². The number of aromatic nitrogens is 1. The van der Waals surface area contributed by atoms with E-state index >= 15 is 0 Å². The Labute approximate surface area is 127 Å². The standard InChI is InChI=1S/C17H26N4/c1-5-21(13(2)12-20(3)4)17-16-9-7-6-8-14(16)10-15(11-18)19-17/h6-10,13H,5,11-12,18H2,1-4H3. The van der Waals surface area contributed by atoms with Gasteiger partial charge in [0.05, 0.1) is 5.69 Å². The van der Waals surface area contributed by atoms with Crippen molar-refractivity contribution in [2.75, 3.05) is 32.1 Å². The Morgan fingerprint density at radius 2 is 1.95 bits per heavy atom. The second kappa shape index (κ2) is 6.87. The van der Waals surface area contributed by atoms with E-state index in [0.717, 1.165) is 24.6 Å². The third kappa shape index (κ3) is 3.52. The van der Waals surface area contributed by atoms with E-state index in [4.69, 9.17) is 10.7 Å². The van der Waals surface area contributed by atoms with Gasteiger partial charge >= 0.3 is 0 Å². The number of anilines is 1. The van der Waals surface area contributed by atoms with E-state index in [-0.39, 0.29) is 0 Å². The van der Waals surface area contributed by atoms with Crippen molar-refractivity contribution in [2.24, 2.45) is 5.73 Å². The Morgan fingerprint density at radius 1 is 1.24 bits per heavy atom. The number of nitrogens with two attached hydrogens (primary N) is 1. The predicted octanol–water partition coefficient (Wildman–Crippen LogP) is 2.47. The predicted molar refractivity (Wildman–Crippen MR) is 90.7 cm³/mol. The maximum absolute atomic E-state index is 5.82. The summed E-state index contributed by atoms with van der Waals surface area (Å²) in [6, 6.07) is 10.9. The van der Waals surface area contributed by atoms with Crippen LogP contribution >= 0.6 is 0 Å². The normalized spacial score (nSPS) is 12.9. The summed E-state index contributed by atoms with van der Waals surface area (Å²) in [7, 11) is 4.21. The van der Waals surface area contributed by atoms with Crippen molar-refractivity contribution in [3.63, 3.8) is 0 Å². The molecule has 21 heavy (non-hydrogen) atoms. The molecule has 1 unspecified atom stereocenters. The van der Waals surface area contributed by atoms with E-state index in [0.29, 0.717) is 12.6 Å². The topological polar surface area (TPSA) is 45.4 Å². The maximum Gasteiger partial charge on any atom is 0.137 e. The average Bonchev–Trinajstić information content (AvgIpc) is 2.46. The molecule has 0 amide bonds. The largest absolute Gasteiger partial charge is 0.352 e. The van der Waals surface area contributed by atoms with Crippen LogP contribution in [0.5, 0.6) is 0 Å². The second-order valence-corrected chi connectivity index (χ2v) is 5.76. The van der Waals surface area contributed by atoms with Crippen LogP contribution in [0.2, 0.25) is 0 Å². The molecule has 0 saturated heterocycles. The van der Waals surface area contributed by atoms with Crippen LogP contribution in [-0.4, -0.2) is 43.1 Å². The Morgan fingerprint density at radius 3 is 2.57 bits per heavy atom. The summed E-state index contributed by atoms with van der Waals surface area (Å²) < 4.78 is 0. The van der Waals surface area contributed by atoms with Crippen LogP contribution < -0.4 is 10.6 Å². The zero-order valence-corrected chi connectivity index (χ0v) is 13.5. The zero-order valence-electron chi connectivity index (χ0n) is 13.5.